The molecule has 0 aromatic rings. The van der Waals surface area contributed by atoms with E-state index < -0.39 is 6.10 Å². The van der Waals surface area contributed by atoms with E-state index in [0.29, 0.717) is 19.3 Å². The van der Waals surface area contributed by atoms with Crippen LogP contribution in [-0.4, -0.2) is 37.2 Å². The molecule has 0 heterocycles. The molecule has 0 bridgehead atoms. The van der Waals surface area contributed by atoms with Crippen LogP contribution in [0.25, 0.3) is 0 Å². The van der Waals surface area contributed by atoms with Crippen LogP contribution in [0.4, 0.5) is 0 Å². The lowest BCUT2D eigenvalue weighted by Crippen LogP contribution is -2.30. The van der Waals surface area contributed by atoms with Gasteiger partial charge < -0.3 is 14.2 Å². The van der Waals surface area contributed by atoms with Gasteiger partial charge in [-0.2, -0.15) is 0 Å². The minimum absolute atomic E-state index is 0.0798. The molecule has 0 aliphatic carbocycles. The molecule has 0 amide bonds. The normalized spacial score (nSPS) is 12.3. The number of hydrogen-bond acceptors (Lipinski definition) is 6. The Hall–Kier alpha value is -2.63. The monoisotopic (exact) mass is 939 g/mol. The number of rotatable bonds is 53. The summed E-state index contributed by atoms with van der Waals surface area (Å²) in [7, 11) is 0. The summed E-state index contributed by atoms with van der Waals surface area (Å²) in [4.78, 5) is 38.1. The topological polar surface area (TPSA) is 78.9 Å². The summed E-state index contributed by atoms with van der Waals surface area (Å²) in [6.07, 6.45) is 68.1. The summed E-state index contributed by atoms with van der Waals surface area (Å²) < 4.78 is 16.9. The lowest BCUT2D eigenvalue weighted by Gasteiger charge is -2.18. The molecular weight excluding hydrogens is 829 g/mol. The van der Waals surface area contributed by atoms with Crippen LogP contribution >= 0.6 is 0 Å². The number of ether oxygens (including phenoxy) is 3. The maximum absolute atomic E-state index is 12.9. The molecule has 0 fully saturated rings. The van der Waals surface area contributed by atoms with Gasteiger partial charge in [-0.25, -0.2) is 0 Å². The van der Waals surface area contributed by atoms with Crippen LogP contribution in [0.15, 0.2) is 48.6 Å². The zero-order chi connectivity index (χ0) is 48.6. The number of carbonyl (C=O) groups is 3. The number of esters is 3. The average molecular weight is 940 g/mol. The summed E-state index contributed by atoms with van der Waals surface area (Å²) in [6.45, 7) is 6.61. The first-order valence-corrected chi connectivity index (χ1v) is 29.1. The fourth-order valence-corrected chi connectivity index (χ4v) is 8.35. The van der Waals surface area contributed by atoms with Crippen molar-refractivity contribution in [2.75, 3.05) is 13.2 Å². The van der Waals surface area contributed by atoms with Crippen LogP contribution < -0.4 is 0 Å². The van der Waals surface area contributed by atoms with Gasteiger partial charge in [0.25, 0.3) is 0 Å². The molecule has 0 unspecified atom stereocenters. The minimum Gasteiger partial charge on any atom is -0.462 e. The van der Waals surface area contributed by atoms with Gasteiger partial charge in [-0.1, -0.05) is 230 Å². The van der Waals surface area contributed by atoms with E-state index in [4.69, 9.17) is 14.2 Å². The van der Waals surface area contributed by atoms with Gasteiger partial charge in [-0.05, 0) is 103 Å². The Labute approximate surface area is 416 Å². The van der Waals surface area contributed by atoms with E-state index in [1.807, 2.05) is 0 Å². The molecular formula is C61H110O6. The smallest absolute Gasteiger partial charge is 0.306 e. The van der Waals surface area contributed by atoms with Crippen LogP contribution in [0, 0.1) is 0 Å². The molecule has 0 saturated heterocycles. The van der Waals surface area contributed by atoms with E-state index in [1.54, 1.807) is 0 Å². The fraction of sp³-hybridized carbons (Fsp3) is 0.820. The van der Waals surface area contributed by atoms with Gasteiger partial charge in [-0.15, -0.1) is 0 Å². The lowest BCUT2D eigenvalue weighted by atomic mass is 10.1. The number of carbonyl (C=O) groups excluding carboxylic acids is 3. The summed E-state index contributed by atoms with van der Waals surface area (Å²) in [5.41, 5.74) is 0. The third kappa shape index (κ3) is 54.2. The Morgan fingerprint density at radius 3 is 0.881 bits per heavy atom. The molecule has 0 aliphatic rings. The predicted molar refractivity (Wildman–Crippen MR) is 289 cm³/mol. The van der Waals surface area contributed by atoms with Gasteiger partial charge >= 0.3 is 17.9 Å². The van der Waals surface area contributed by atoms with Crippen molar-refractivity contribution in [3.63, 3.8) is 0 Å². The number of unbranched alkanes of at least 4 members (excludes halogenated alkanes) is 34. The first kappa shape index (κ1) is 64.4. The van der Waals surface area contributed by atoms with E-state index in [0.717, 1.165) is 77.0 Å². The lowest BCUT2D eigenvalue weighted by molar-refractivity contribution is -0.167. The molecule has 6 heteroatoms. The van der Waals surface area contributed by atoms with E-state index >= 15 is 0 Å². The van der Waals surface area contributed by atoms with Gasteiger partial charge in [0.1, 0.15) is 13.2 Å². The molecule has 0 spiro atoms. The maximum atomic E-state index is 12.9. The first-order valence-electron chi connectivity index (χ1n) is 29.1. The molecule has 0 rings (SSSR count). The molecule has 390 valence electrons. The largest absolute Gasteiger partial charge is 0.462 e. The number of allylic oxidation sites excluding steroid dienone is 8. The minimum atomic E-state index is -0.782. The predicted octanol–water partition coefficient (Wildman–Crippen LogP) is 19.4. The van der Waals surface area contributed by atoms with Gasteiger partial charge in [0.2, 0.25) is 0 Å². The molecule has 6 nitrogen and oxygen atoms in total. The van der Waals surface area contributed by atoms with Crippen molar-refractivity contribution >= 4 is 17.9 Å². The van der Waals surface area contributed by atoms with Crippen molar-refractivity contribution in [3.05, 3.63) is 48.6 Å². The zero-order valence-electron chi connectivity index (χ0n) is 44.7. The SMILES string of the molecule is CCCCC/C=C\C/C=C\CCCCCCCCCC(=O)O[C@H](COC(=O)CCCCCCC/C=C\CCCCCC)COC(=O)CCCCCCCCC/C=C\CCCCCCCCCC. The summed E-state index contributed by atoms with van der Waals surface area (Å²) in [5, 5.41) is 0. The van der Waals surface area contributed by atoms with E-state index in [9.17, 15) is 14.4 Å². The van der Waals surface area contributed by atoms with E-state index in [1.165, 1.54) is 186 Å². The standard InChI is InChI=1S/C61H110O6/c1-4-7-10-13-16-19-22-25-27-29-30-32-33-36-39-42-45-48-51-54-60(63)66-57-58(56-65-59(62)53-50-47-44-41-38-35-24-21-18-15-12-9-6-3)67-61(64)55-52-49-46-43-40-37-34-31-28-26-23-20-17-14-11-8-5-2/h17,20-21,24,26,28-30,58H,4-16,18-19,22-23,25,27,31-57H2,1-3H3/b20-17-,24-21-,28-26-,30-29-/t58-/m1/s1. The van der Waals surface area contributed by atoms with Gasteiger partial charge in [0, 0.05) is 19.3 Å². The third-order valence-electron chi connectivity index (χ3n) is 12.8. The van der Waals surface area contributed by atoms with Gasteiger partial charge in [0.05, 0.1) is 0 Å². The Morgan fingerprint density at radius 1 is 0.299 bits per heavy atom. The van der Waals surface area contributed by atoms with Crippen molar-refractivity contribution in [1.29, 1.82) is 0 Å². The number of hydrogen-bond donors (Lipinski definition) is 0. The van der Waals surface area contributed by atoms with Crippen molar-refractivity contribution in [1.82, 2.24) is 0 Å². The molecule has 0 saturated carbocycles. The highest BCUT2D eigenvalue weighted by Crippen LogP contribution is 2.15. The quantitative estimate of drug-likeness (QED) is 0.0262. The van der Waals surface area contributed by atoms with Crippen molar-refractivity contribution < 1.29 is 28.6 Å². The molecule has 1 atom stereocenters. The third-order valence-corrected chi connectivity index (χ3v) is 12.8. The Bertz CT molecular complexity index is 1170. The Balaban J connectivity index is 4.36. The van der Waals surface area contributed by atoms with Crippen LogP contribution in [0.1, 0.15) is 303 Å². The summed E-state index contributed by atoms with van der Waals surface area (Å²) in [5.74, 6) is -0.888. The van der Waals surface area contributed by atoms with Crippen molar-refractivity contribution in [2.45, 2.75) is 309 Å². The second-order valence-electron chi connectivity index (χ2n) is 19.5. The van der Waals surface area contributed by atoms with Crippen LogP contribution in [0.5, 0.6) is 0 Å². The molecule has 0 radical (unpaired) electrons. The van der Waals surface area contributed by atoms with Gasteiger partial charge in [0.15, 0.2) is 6.10 Å². The summed E-state index contributed by atoms with van der Waals surface area (Å²) in [6, 6.07) is 0. The fourth-order valence-electron chi connectivity index (χ4n) is 8.35. The van der Waals surface area contributed by atoms with Crippen LogP contribution in [0.3, 0.4) is 0 Å². The first-order chi connectivity index (χ1) is 33.0. The average Bonchev–Trinajstić information content (AvgIpc) is 3.33. The highest BCUT2D eigenvalue weighted by molar-refractivity contribution is 5.71. The molecule has 0 aromatic carbocycles. The van der Waals surface area contributed by atoms with Crippen molar-refractivity contribution in [3.8, 4) is 0 Å². The van der Waals surface area contributed by atoms with Crippen LogP contribution in [-0.2, 0) is 28.6 Å². The highest BCUT2D eigenvalue weighted by Gasteiger charge is 2.19. The van der Waals surface area contributed by atoms with E-state index in [2.05, 4.69) is 69.4 Å². The molecule has 67 heavy (non-hydrogen) atoms. The zero-order valence-corrected chi connectivity index (χ0v) is 44.7. The Kier molecular flexibility index (Phi) is 53.8. The summed E-state index contributed by atoms with van der Waals surface area (Å²) >= 11 is 0. The van der Waals surface area contributed by atoms with E-state index in [-0.39, 0.29) is 31.1 Å². The second kappa shape index (κ2) is 56.0. The van der Waals surface area contributed by atoms with Crippen molar-refractivity contribution in [2.24, 2.45) is 0 Å². The second-order valence-corrected chi connectivity index (χ2v) is 19.5. The van der Waals surface area contributed by atoms with Gasteiger partial charge in [-0.3, -0.25) is 14.4 Å². The van der Waals surface area contributed by atoms with Crippen LogP contribution in [0.2, 0.25) is 0 Å². The Morgan fingerprint density at radius 2 is 0.537 bits per heavy atom. The maximum Gasteiger partial charge on any atom is 0.306 e. The molecule has 0 aromatic heterocycles. The molecule has 0 aliphatic heterocycles. The molecule has 0 N–H and O–H groups in total. The highest BCUT2D eigenvalue weighted by atomic mass is 16.6.